The molecule has 0 aliphatic heterocycles. The van der Waals surface area contributed by atoms with E-state index in [0.717, 1.165) is 18.8 Å². The van der Waals surface area contributed by atoms with Gasteiger partial charge in [-0.05, 0) is 38.9 Å². The van der Waals surface area contributed by atoms with Crippen LogP contribution in [0.1, 0.15) is 27.2 Å². The maximum atomic E-state index is 5.82. The molecule has 0 amide bonds. The normalized spacial score (nSPS) is 11.1. The van der Waals surface area contributed by atoms with Gasteiger partial charge in [0.15, 0.2) is 0 Å². The first-order valence-corrected chi connectivity index (χ1v) is 6.36. The molecule has 1 aromatic rings. The summed E-state index contributed by atoms with van der Waals surface area (Å²) in [4.78, 5) is 2.42. The Morgan fingerprint density at radius 2 is 1.94 bits per heavy atom. The Morgan fingerprint density at radius 1 is 1.24 bits per heavy atom. The van der Waals surface area contributed by atoms with Crippen molar-refractivity contribution in [2.75, 3.05) is 25.4 Å². The Morgan fingerprint density at radius 3 is 2.53 bits per heavy atom. The first-order valence-electron chi connectivity index (χ1n) is 6.36. The Bertz CT molecular complexity index is 326. The van der Waals surface area contributed by atoms with E-state index in [9.17, 15) is 0 Å². The molecule has 0 atom stereocenters. The first-order chi connectivity index (χ1) is 8.15. The molecular weight excluding hydrogens is 212 g/mol. The summed E-state index contributed by atoms with van der Waals surface area (Å²) in [7, 11) is 0. The lowest BCUT2D eigenvalue weighted by Crippen LogP contribution is -2.35. The van der Waals surface area contributed by atoms with Crippen molar-refractivity contribution < 1.29 is 4.74 Å². The van der Waals surface area contributed by atoms with Gasteiger partial charge < -0.3 is 10.5 Å². The van der Waals surface area contributed by atoms with Crippen LogP contribution in [-0.2, 0) is 0 Å². The fraction of sp³-hybridized carbons (Fsp3) is 0.571. The average Bonchev–Trinajstić information content (AvgIpc) is 2.30. The molecule has 0 aromatic heterocycles. The number of nitrogens with two attached hydrogens (primary N) is 1. The maximum Gasteiger partial charge on any atom is 0.142 e. The summed E-state index contributed by atoms with van der Waals surface area (Å²) in [5.41, 5.74) is 6.52. The van der Waals surface area contributed by atoms with Crippen LogP contribution in [0.5, 0.6) is 5.75 Å². The number of hydrogen-bond donors (Lipinski definition) is 1. The van der Waals surface area contributed by atoms with Crippen LogP contribution in [0.25, 0.3) is 0 Å². The highest BCUT2D eigenvalue weighted by molar-refractivity contribution is 5.51. The Kier molecular flexibility index (Phi) is 5.84. The zero-order valence-electron chi connectivity index (χ0n) is 11.1. The molecular formula is C14H24N2O. The summed E-state index contributed by atoms with van der Waals surface area (Å²) in [5.74, 6) is 0.785. The summed E-state index contributed by atoms with van der Waals surface area (Å²) in [6, 6.07) is 8.19. The van der Waals surface area contributed by atoms with Gasteiger partial charge in [0.25, 0.3) is 0 Å². The van der Waals surface area contributed by atoms with Crippen LogP contribution in [0.2, 0.25) is 0 Å². The quantitative estimate of drug-likeness (QED) is 0.740. The molecule has 3 heteroatoms. The Balaban J connectivity index is 2.38. The predicted octanol–water partition coefficient (Wildman–Crippen LogP) is 2.77. The van der Waals surface area contributed by atoms with Crippen LogP contribution in [0.15, 0.2) is 24.3 Å². The minimum absolute atomic E-state index is 0.562. The molecule has 96 valence electrons. The molecule has 3 nitrogen and oxygen atoms in total. The molecule has 0 aliphatic carbocycles. The molecule has 0 fully saturated rings. The number of rotatable bonds is 7. The highest BCUT2D eigenvalue weighted by Gasteiger charge is 2.08. The van der Waals surface area contributed by atoms with Gasteiger partial charge in [-0.2, -0.15) is 0 Å². The van der Waals surface area contributed by atoms with Crippen LogP contribution in [-0.4, -0.2) is 30.6 Å². The zero-order valence-corrected chi connectivity index (χ0v) is 11.1. The Labute approximate surface area is 105 Å². The third-order valence-electron chi connectivity index (χ3n) is 2.80. The van der Waals surface area contributed by atoms with E-state index < -0.39 is 0 Å². The van der Waals surface area contributed by atoms with E-state index in [2.05, 4.69) is 25.7 Å². The van der Waals surface area contributed by atoms with Crippen molar-refractivity contribution in [1.82, 2.24) is 4.90 Å². The second kappa shape index (κ2) is 7.17. The molecule has 0 unspecified atom stereocenters. The van der Waals surface area contributed by atoms with Crippen molar-refractivity contribution in [3.63, 3.8) is 0 Å². The zero-order chi connectivity index (χ0) is 12.7. The van der Waals surface area contributed by atoms with Crippen LogP contribution < -0.4 is 10.5 Å². The minimum atomic E-state index is 0.562. The monoisotopic (exact) mass is 236 g/mol. The van der Waals surface area contributed by atoms with E-state index in [1.54, 1.807) is 0 Å². The third-order valence-corrected chi connectivity index (χ3v) is 2.80. The highest BCUT2D eigenvalue weighted by atomic mass is 16.5. The molecule has 0 radical (unpaired) electrons. The summed E-state index contributed by atoms with van der Waals surface area (Å²) in [6.07, 6.45) is 1.17. The number of para-hydroxylation sites is 2. The minimum Gasteiger partial charge on any atom is -0.490 e. The molecule has 0 bridgehead atoms. The molecule has 0 aliphatic rings. The van der Waals surface area contributed by atoms with Crippen LogP contribution in [0.4, 0.5) is 5.69 Å². The number of ether oxygens (including phenoxy) is 1. The SMILES string of the molecule is CCCN(CCOc1ccccc1N)C(C)C. The van der Waals surface area contributed by atoms with Gasteiger partial charge in [0.1, 0.15) is 12.4 Å². The Hall–Kier alpha value is -1.22. The van der Waals surface area contributed by atoms with Gasteiger partial charge in [0.2, 0.25) is 0 Å². The van der Waals surface area contributed by atoms with E-state index in [1.807, 2.05) is 24.3 Å². The van der Waals surface area contributed by atoms with Gasteiger partial charge in [0, 0.05) is 12.6 Å². The van der Waals surface area contributed by atoms with E-state index in [4.69, 9.17) is 10.5 Å². The summed E-state index contributed by atoms with van der Waals surface area (Å²) in [6.45, 7) is 9.38. The largest absolute Gasteiger partial charge is 0.490 e. The van der Waals surface area contributed by atoms with Gasteiger partial charge >= 0.3 is 0 Å². The van der Waals surface area contributed by atoms with Crippen molar-refractivity contribution in [3.05, 3.63) is 24.3 Å². The molecule has 0 heterocycles. The highest BCUT2D eigenvalue weighted by Crippen LogP contribution is 2.19. The number of benzene rings is 1. The standard InChI is InChI=1S/C14H24N2O/c1-4-9-16(12(2)3)10-11-17-14-8-6-5-7-13(14)15/h5-8,12H,4,9-11,15H2,1-3H3. The smallest absolute Gasteiger partial charge is 0.142 e. The van der Waals surface area contributed by atoms with Crippen molar-refractivity contribution in [2.45, 2.75) is 33.2 Å². The molecule has 0 saturated carbocycles. The second-order valence-corrected chi connectivity index (χ2v) is 4.52. The van der Waals surface area contributed by atoms with Crippen molar-refractivity contribution >= 4 is 5.69 Å². The number of nitrogen functional groups attached to an aromatic ring is 1. The fourth-order valence-electron chi connectivity index (χ4n) is 1.80. The van der Waals surface area contributed by atoms with Crippen LogP contribution in [0, 0.1) is 0 Å². The molecule has 1 aromatic carbocycles. The lowest BCUT2D eigenvalue weighted by Gasteiger charge is -2.25. The van der Waals surface area contributed by atoms with Gasteiger partial charge in [-0.1, -0.05) is 19.1 Å². The number of anilines is 1. The lowest BCUT2D eigenvalue weighted by atomic mass is 10.3. The lowest BCUT2D eigenvalue weighted by molar-refractivity contribution is 0.176. The van der Waals surface area contributed by atoms with Crippen molar-refractivity contribution in [3.8, 4) is 5.75 Å². The van der Waals surface area contributed by atoms with Gasteiger partial charge in [-0.15, -0.1) is 0 Å². The molecule has 2 N–H and O–H groups in total. The average molecular weight is 236 g/mol. The first kappa shape index (κ1) is 13.8. The topological polar surface area (TPSA) is 38.5 Å². The van der Waals surface area contributed by atoms with E-state index in [0.29, 0.717) is 18.3 Å². The summed E-state index contributed by atoms with van der Waals surface area (Å²) in [5, 5.41) is 0. The predicted molar refractivity (Wildman–Crippen MR) is 73.3 cm³/mol. The van der Waals surface area contributed by atoms with E-state index in [-0.39, 0.29) is 0 Å². The van der Waals surface area contributed by atoms with E-state index in [1.165, 1.54) is 6.42 Å². The summed E-state index contributed by atoms with van der Waals surface area (Å²) < 4.78 is 5.70. The van der Waals surface area contributed by atoms with Crippen LogP contribution >= 0.6 is 0 Å². The van der Waals surface area contributed by atoms with Crippen molar-refractivity contribution in [1.29, 1.82) is 0 Å². The van der Waals surface area contributed by atoms with E-state index >= 15 is 0 Å². The van der Waals surface area contributed by atoms with Gasteiger partial charge in [-0.3, -0.25) is 4.90 Å². The molecule has 0 saturated heterocycles. The van der Waals surface area contributed by atoms with Crippen molar-refractivity contribution in [2.24, 2.45) is 0 Å². The molecule has 1 rings (SSSR count). The van der Waals surface area contributed by atoms with Gasteiger partial charge in [0.05, 0.1) is 5.69 Å². The fourth-order valence-corrected chi connectivity index (χ4v) is 1.80. The third kappa shape index (κ3) is 4.65. The van der Waals surface area contributed by atoms with Crippen LogP contribution in [0.3, 0.4) is 0 Å². The summed E-state index contributed by atoms with van der Waals surface area (Å²) >= 11 is 0. The molecule has 17 heavy (non-hydrogen) atoms. The number of nitrogens with zero attached hydrogens (tertiary/aromatic N) is 1. The number of hydrogen-bond acceptors (Lipinski definition) is 3. The maximum absolute atomic E-state index is 5.82. The van der Waals surface area contributed by atoms with Gasteiger partial charge in [-0.25, -0.2) is 0 Å². The molecule has 0 spiro atoms. The second-order valence-electron chi connectivity index (χ2n) is 4.52.